The highest BCUT2D eigenvalue weighted by Gasteiger charge is 2.30. The van der Waals surface area contributed by atoms with E-state index in [9.17, 15) is 8.42 Å². The van der Waals surface area contributed by atoms with Gasteiger partial charge in [-0.1, -0.05) is 29.3 Å². The topological polar surface area (TPSA) is 65.0 Å². The third-order valence-electron chi connectivity index (χ3n) is 3.01. The second kappa shape index (κ2) is 6.39. The van der Waals surface area contributed by atoms with Crippen LogP contribution in [-0.2, 0) is 10.2 Å². The average Bonchev–Trinajstić information content (AvgIpc) is 2.89. The third-order valence-corrected chi connectivity index (χ3v) is 5.71. The summed E-state index contributed by atoms with van der Waals surface area (Å²) in [7, 11) is -0.526. The van der Waals surface area contributed by atoms with Crippen LogP contribution >= 0.6 is 23.2 Å². The van der Waals surface area contributed by atoms with Gasteiger partial charge in [-0.15, -0.1) is 0 Å². The van der Waals surface area contributed by atoms with Crippen molar-refractivity contribution in [2.45, 2.75) is 0 Å². The van der Waals surface area contributed by atoms with Gasteiger partial charge in [0, 0.05) is 14.1 Å². The fraction of sp³-hybridized carbons (Fsp3) is 0.417. The summed E-state index contributed by atoms with van der Waals surface area (Å²) in [5.74, 6) is 0.458. The van der Waals surface area contributed by atoms with Crippen LogP contribution in [0, 0.1) is 0 Å². The maximum Gasteiger partial charge on any atom is 0.304 e. The molecule has 1 aromatic carbocycles. The third kappa shape index (κ3) is 3.42. The first-order chi connectivity index (χ1) is 9.84. The van der Waals surface area contributed by atoms with Gasteiger partial charge in [-0.25, -0.2) is 4.31 Å². The largest absolute Gasteiger partial charge is 0.377 e. The van der Waals surface area contributed by atoms with E-state index in [1.807, 2.05) is 0 Å². The van der Waals surface area contributed by atoms with E-state index in [-0.39, 0.29) is 6.54 Å². The standard InChI is InChI=1S/C12H16Cl2N4O2S/c1-17(2)21(19,20)18-7-6-15-11(18)8-16-10-5-3-4-9(13)12(10)14/h3-5,16H,6-8H2,1-2H3. The lowest BCUT2D eigenvalue weighted by Gasteiger charge is -2.24. The Morgan fingerprint density at radius 2 is 2.10 bits per heavy atom. The Hall–Kier alpha value is -1.02. The molecular weight excluding hydrogens is 335 g/mol. The fourth-order valence-electron chi connectivity index (χ4n) is 1.88. The van der Waals surface area contributed by atoms with Gasteiger partial charge in [-0.2, -0.15) is 12.7 Å². The number of hydrogen-bond donors (Lipinski definition) is 1. The summed E-state index contributed by atoms with van der Waals surface area (Å²) in [6.07, 6.45) is 0. The molecule has 0 amide bonds. The molecule has 0 bridgehead atoms. The van der Waals surface area contributed by atoms with Gasteiger partial charge in [0.15, 0.2) is 0 Å². The molecule has 0 spiro atoms. The van der Waals surface area contributed by atoms with Gasteiger partial charge in [0.25, 0.3) is 0 Å². The van der Waals surface area contributed by atoms with E-state index in [1.54, 1.807) is 18.2 Å². The molecule has 0 unspecified atom stereocenters. The van der Waals surface area contributed by atoms with E-state index in [1.165, 1.54) is 22.7 Å². The molecule has 0 atom stereocenters. The number of nitrogens with one attached hydrogen (secondary N) is 1. The zero-order valence-electron chi connectivity index (χ0n) is 11.7. The van der Waals surface area contributed by atoms with E-state index in [4.69, 9.17) is 23.2 Å². The number of halogens is 2. The summed E-state index contributed by atoms with van der Waals surface area (Å²) in [5, 5.41) is 3.91. The van der Waals surface area contributed by atoms with Crippen molar-refractivity contribution in [1.29, 1.82) is 0 Å². The van der Waals surface area contributed by atoms with E-state index in [0.717, 1.165) is 0 Å². The van der Waals surface area contributed by atoms with Crippen LogP contribution in [-0.4, -0.2) is 56.6 Å². The van der Waals surface area contributed by atoms with E-state index in [2.05, 4.69) is 10.3 Å². The van der Waals surface area contributed by atoms with Crippen LogP contribution in [0.15, 0.2) is 23.2 Å². The minimum atomic E-state index is -3.51. The molecule has 0 aliphatic carbocycles. The second-order valence-corrected chi connectivity index (χ2v) is 7.47. The molecule has 0 fully saturated rings. The summed E-state index contributed by atoms with van der Waals surface area (Å²) in [6, 6.07) is 5.22. The minimum Gasteiger partial charge on any atom is -0.377 e. The number of hydrogen-bond acceptors (Lipinski definition) is 4. The quantitative estimate of drug-likeness (QED) is 0.882. The maximum absolute atomic E-state index is 12.2. The van der Waals surface area contributed by atoms with Crippen molar-refractivity contribution in [1.82, 2.24) is 8.61 Å². The van der Waals surface area contributed by atoms with Crippen molar-refractivity contribution >= 4 is 44.9 Å². The Kier molecular flexibility index (Phi) is 4.98. The molecule has 0 radical (unpaired) electrons. The first-order valence-corrected chi connectivity index (χ1v) is 8.40. The van der Waals surface area contributed by atoms with Gasteiger partial charge in [0.2, 0.25) is 0 Å². The van der Waals surface area contributed by atoms with Gasteiger partial charge in [0.1, 0.15) is 5.84 Å². The van der Waals surface area contributed by atoms with Crippen molar-refractivity contribution in [3.63, 3.8) is 0 Å². The molecule has 1 aliphatic rings. The molecule has 1 N–H and O–H groups in total. The van der Waals surface area contributed by atoms with Gasteiger partial charge >= 0.3 is 10.2 Å². The smallest absolute Gasteiger partial charge is 0.304 e. The Labute approximate surface area is 134 Å². The molecule has 6 nitrogen and oxygen atoms in total. The molecular formula is C12H16Cl2N4O2S. The van der Waals surface area contributed by atoms with Crippen LogP contribution in [0.3, 0.4) is 0 Å². The summed E-state index contributed by atoms with van der Waals surface area (Å²) in [5.41, 5.74) is 0.640. The molecule has 0 saturated heterocycles. The molecule has 1 aromatic rings. The molecule has 0 aromatic heterocycles. The van der Waals surface area contributed by atoms with Crippen LogP contribution in [0.1, 0.15) is 0 Å². The molecule has 1 aliphatic heterocycles. The molecule has 21 heavy (non-hydrogen) atoms. The SMILES string of the molecule is CN(C)S(=O)(=O)N1CCN=C1CNc1cccc(Cl)c1Cl. The van der Waals surface area contributed by atoms with Crippen LogP contribution in [0.5, 0.6) is 0 Å². The Bertz CT molecular complexity index is 661. The van der Waals surface area contributed by atoms with Crippen molar-refractivity contribution < 1.29 is 8.42 Å². The normalized spacial score (nSPS) is 15.5. The molecule has 1 heterocycles. The summed E-state index contributed by atoms with van der Waals surface area (Å²) >= 11 is 12.0. The van der Waals surface area contributed by atoms with Crippen molar-refractivity contribution in [3.05, 3.63) is 28.2 Å². The molecule has 116 valence electrons. The zero-order valence-corrected chi connectivity index (χ0v) is 14.0. The maximum atomic E-state index is 12.2. The highest BCUT2D eigenvalue weighted by atomic mass is 35.5. The lowest BCUT2D eigenvalue weighted by molar-refractivity contribution is 0.465. The van der Waals surface area contributed by atoms with Crippen molar-refractivity contribution in [2.75, 3.05) is 39.0 Å². The van der Waals surface area contributed by atoms with E-state index < -0.39 is 10.2 Å². The monoisotopic (exact) mass is 350 g/mol. The van der Waals surface area contributed by atoms with Crippen LogP contribution in [0.25, 0.3) is 0 Å². The number of rotatable bonds is 5. The van der Waals surface area contributed by atoms with Gasteiger partial charge in [-0.3, -0.25) is 4.99 Å². The number of aliphatic imine (C=N–C) groups is 1. The zero-order chi connectivity index (χ0) is 15.6. The highest BCUT2D eigenvalue weighted by molar-refractivity contribution is 7.87. The van der Waals surface area contributed by atoms with E-state index >= 15 is 0 Å². The number of amidine groups is 1. The molecule has 2 rings (SSSR count). The Balaban J connectivity index is 2.11. The number of benzene rings is 1. The summed E-state index contributed by atoms with van der Waals surface area (Å²) < 4.78 is 26.8. The number of nitrogens with zero attached hydrogens (tertiary/aromatic N) is 3. The minimum absolute atomic E-state index is 0.257. The first kappa shape index (κ1) is 16.4. The Morgan fingerprint density at radius 1 is 1.38 bits per heavy atom. The summed E-state index contributed by atoms with van der Waals surface area (Å²) in [4.78, 5) is 4.23. The lowest BCUT2D eigenvalue weighted by atomic mass is 10.3. The second-order valence-electron chi connectivity index (χ2n) is 4.62. The first-order valence-electron chi connectivity index (χ1n) is 6.25. The predicted octanol–water partition coefficient (Wildman–Crippen LogP) is 1.93. The van der Waals surface area contributed by atoms with Crippen molar-refractivity contribution in [2.24, 2.45) is 4.99 Å². The van der Waals surface area contributed by atoms with E-state index in [0.29, 0.717) is 34.7 Å². The van der Waals surface area contributed by atoms with Crippen LogP contribution in [0.4, 0.5) is 5.69 Å². The van der Waals surface area contributed by atoms with Gasteiger partial charge < -0.3 is 5.32 Å². The fourth-order valence-corrected chi connectivity index (χ4v) is 3.34. The predicted molar refractivity (Wildman–Crippen MR) is 86.6 cm³/mol. The van der Waals surface area contributed by atoms with Crippen LogP contribution in [0.2, 0.25) is 10.0 Å². The summed E-state index contributed by atoms with van der Waals surface area (Å²) in [6.45, 7) is 1.06. The van der Waals surface area contributed by atoms with Crippen LogP contribution < -0.4 is 5.32 Å². The highest BCUT2D eigenvalue weighted by Crippen LogP contribution is 2.29. The van der Waals surface area contributed by atoms with Crippen molar-refractivity contribution in [3.8, 4) is 0 Å². The molecule has 9 heteroatoms. The molecule has 0 saturated carbocycles. The Morgan fingerprint density at radius 3 is 2.76 bits per heavy atom. The average molecular weight is 351 g/mol. The lowest BCUT2D eigenvalue weighted by Crippen LogP contribution is -2.44. The number of anilines is 1. The van der Waals surface area contributed by atoms with Gasteiger partial charge in [-0.05, 0) is 12.1 Å². The van der Waals surface area contributed by atoms with Gasteiger partial charge in [0.05, 0.1) is 35.4 Å².